The molecule has 11 heavy (non-hydrogen) atoms. The van der Waals surface area contributed by atoms with Gasteiger partial charge in [-0.15, -0.1) is 0 Å². The maximum absolute atomic E-state index is 4.17. The molecule has 0 aliphatic carbocycles. The van der Waals surface area contributed by atoms with Crippen LogP contribution in [0.25, 0.3) is 0 Å². The molecule has 2 heteroatoms. The highest BCUT2D eigenvalue weighted by Crippen LogP contribution is 2.09. The molecule has 0 aromatic heterocycles. The van der Waals surface area contributed by atoms with Crippen molar-refractivity contribution in [3.8, 4) is 0 Å². The van der Waals surface area contributed by atoms with Gasteiger partial charge in [-0.2, -0.15) is 0 Å². The quantitative estimate of drug-likeness (QED) is 0.643. The average molecular weight is 146 g/mol. The van der Waals surface area contributed by atoms with E-state index >= 15 is 0 Å². The lowest BCUT2D eigenvalue weighted by Crippen LogP contribution is -2.20. The predicted molar refractivity (Wildman–Crippen MR) is 47.0 cm³/mol. The summed E-state index contributed by atoms with van der Waals surface area (Å²) in [5.41, 5.74) is 1.13. The topological polar surface area (TPSA) is 24.4 Å². The zero-order valence-electron chi connectivity index (χ0n) is 6.25. The largest absolute Gasteiger partial charge is 0.344 e. The van der Waals surface area contributed by atoms with E-state index in [1.807, 2.05) is 30.3 Å². The molecule has 2 nitrogen and oxygen atoms in total. The van der Waals surface area contributed by atoms with Gasteiger partial charge in [0.2, 0.25) is 0 Å². The molecule has 0 bridgehead atoms. The Hall–Kier alpha value is -1.31. The van der Waals surface area contributed by atoms with E-state index in [0.29, 0.717) is 0 Å². The summed E-state index contributed by atoms with van der Waals surface area (Å²) < 4.78 is 0. The van der Waals surface area contributed by atoms with Gasteiger partial charge in [0.1, 0.15) is 5.84 Å². The lowest BCUT2D eigenvalue weighted by molar-refractivity contribution is 0.941. The van der Waals surface area contributed by atoms with Gasteiger partial charge < -0.3 is 5.32 Å². The zero-order valence-corrected chi connectivity index (χ0v) is 6.25. The van der Waals surface area contributed by atoms with E-state index in [4.69, 9.17) is 0 Å². The summed E-state index contributed by atoms with van der Waals surface area (Å²) in [6.45, 7) is 0.981. The molecule has 0 radical (unpaired) electrons. The van der Waals surface area contributed by atoms with Crippen molar-refractivity contribution in [3.63, 3.8) is 0 Å². The molecule has 1 aliphatic rings. The molecule has 0 atom stereocenters. The third-order valence-electron chi connectivity index (χ3n) is 1.71. The first kappa shape index (κ1) is 6.40. The number of para-hydroxylation sites is 1. The van der Waals surface area contributed by atoms with E-state index in [1.54, 1.807) is 0 Å². The standard InChI is InChI=1S/C9H10N2/c1-2-4-8(5-3-1)11-9-6-7-10-9/h1-5H,6-7H2,(H,10,11). The number of hydrogen-bond acceptors (Lipinski definition) is 2. The molecule has 0 saturated heterocycles. The first-order chi connectivity index (χ1) is 5.45. The van der Waals surface area contributed by atoms with Crippen molar-refractivity contribution in [2.45, 2.75) is 6.42 Å². The summed E-state index contributed by atoms with van der Waals surface area (Å²) in [5.74, 6) is 1.11. The number of nitrogens with zero attached hydrogens (tertiary/aromatic N) is 1. The van der Waals surface area contributed by atoms with Crippen LogP contribution in [0.4, 0.5) is 5.69 Å². The molecule has 1 aromatic carbocycles. The van der Waals surface area contributed by atoms with E-state index < -0.39 is 0 Å². The first-order valence-electron chi connectivity index (χ1n) is 3.80. The predicted octanol–water partition coefficient (Wildman–Crippen LogP) is 1.90. The number of benzene rings is 1. The van der Waals surface area contributed by atoms with Crippen LogP contribution < -0.4 is 5.32 Å². The van der Waals surface area contributed by atoms with Crippen molar-refractivity contribution in [2.75, 3.05) is 11.9 Å². The van der Waals surface area contributed by atoms with Crippen LogP contribution >= 0.6 is 0 Å². The van der Waals surface area contributed by atoms with Gasteiger partial charge in [-0.3, -0.25) is 4.99 Å². The summed E-state index contributed by atoms with van der Waals surface area (Å²) in [4.78, 5) is 4.17. The molecule has 56 valence electrons. The van der Waals surface area contributed by atoms with E-state index in [0.717, 1.165) is 24.5 Å². The Kier molecular flexibility index (Phi) is 1.60. The van der Waals surface area contributed by atoms with Crippen molar-refractivity contribution in [1.82, 2.24) is 0 Å². The van der Waals surface area contributed by atoms with Crippen LogP contribution in [0, 0.1) is 0 Å². The number of hydrogen-bond donors (Lipinski definition) is 1. The molecule has 0 unspecified atom stereocenters. The molecule has 1 N–H and O–H groups in total. The van der Waals surface area contributed by atoms with Crippen LogP contribution in [0.1, 0.15) is 6.42 Å². The molecule has 0 spiro atoms. The molecule has 0 fully saturated rings. The number of aliphatic imine (C=N–C) groups is 1. The zero-order chi connectivity index (χ0) is 7.52. The lowest BCUT2D eigenvalue weighted by atomic mass is 10.2. The molecule has 1 aliphatic heterocycles. The van der Waals surface area contributed by atoms with Crippen molar-refractivity contribution < 1.29 is 0 Å². The van der Waals surface area contributed by atoms with Crippen LogP contribution in [0.5, 0.6) is 0 Å². The minimum Gasteiger partial charge on any atom is -0.344 e. The van der Waals surface area contributed by atoms with Gasteiger partial charge in [0, 0.05) is 18.7 Å². The number of amidine groups is 1. The normalized spacial score (nSPS) is 15.1. The van der Waals surface area contributed by atoms with Crippen molar-refractivity contribution >= 4 is 11.5 Å². The van der Waals surface area contributed by atoms with Gasteiger partial charge in [-0.25, -0.2) is 0 Å². The highest BCUT2D eigenvalue weighted by Gasteiger charge is 2.05. The summed E-state index contributed by atoms with van der Waals surface area (Å²) in [7, 11) is 0. The second kappa shape index (κ2) is 2.74. The monoisotopic (exact) mass is 146 g/mol. The Morgan fingerprint density at radius 2 is 1.91 bits per heavy atom. The number of rotatable bonds is 1. The van der Waals surface area contributed by atoms with Gasteiger partial charge >= 0.3 is 0 Å². The fourth-order valence-electron chi connectivity index (χ4n) is 1.01. The van der Waals surface area contributed by atoms with Gasteiger partial charge in [-0.1, -0.05) is 18.2 Å². The molecular weight excluding hydrogens is 136 g/mol. The molecular formula is C9H10N2. The third kappa shape index (κ3) is 1.40. The fraction of sp³-hybridized carbons (Fsp3) is 0.222. The molecule has 2 rings (SSSR count). The Labute approximate surface area is 66.0 Å². The minimum absolute atomic E-state index is 0.981. The van der Waals surface area contributed by atoms with E-state index in [2.05, 4.69) is 10.3 Å². The Balaban J connectivity index is 2.07. The maximum atomic E-state index is 4.17. The lowest BCUT2D eigenvalue weighted by Gasteiger charge is -2.14. The summed E-state index contributed by atoms with van der Waals surface area (Å²) in [5, 5.41) is 3.23. The van der Waals surface area contributed by atoms with Crippen molar-refractivity contribution in [3.05, 3.63) is 30.3 Å². The van der Waals surface area contributed by atoms with E-state index in [1.165, 1.54) is 0 Å². The Morgan fingerprint density at radius 3 is 2.45 bits per heavy atom. The van der Waals surface area contributed by atoms with Gasteiger partial charge in [0.15, 0.2) is 0 Å². The summed E-state index contributed by atoms with van der Waals surface area (Å²) in [6, 6.07) is 10.1. The first-order valence-corrected chi connectivity index (χ1v) is 3.80. The highest BCUT2D eigenvalue weighted by atomic mass is 15.0. The van der Waals surface area contributed by atoms with Crippen LogP contribution in [-0.2, 0) is 0 Å². The fourth-order valence-corrected chi connectivity index (χ4v) is 1.01. The van der Waals surface area contributed by atoms with Gasteiger partial charge in [0.25, 0.3) is 0 Å². The summed E-state index contributed by atoms with van der Waals surface area (Å²) in [6.07, 6.45) is 1.09. The third-order valence-corrected chi connectivity index (χ3v) is 1.71. The van der Waals surface area contributed by atoms with Crippen LogP contribution in [0.3, 0.4) is 0 Å². The van der Waals surface area contributed by atoms with Gasteiger partial charge in [0.05, 0.1) is 0 Å². The second-order valence-electron chi connectivity index (χ2n) is 2.57. The SMILES string of the molecule is c1ccc(NC2=NCC2)cc1. The molecule has 0 saturated carbocycles. The Bertz CT molecular complexity index is 264. The number of anilines is 1. The maximum Gasteiger partial charge on any atom is 0.103 e. The smallest absolute Gasteiger partial charge is 0.103 e. The van der Waals surface area contributed by atoms with Crippen LogP contribution in [-0.4, -0.2) is 12.4 Å². The second-order valence-corrected chi connectivity index (χ2v) is 2.57. The van der Waals surface area contributed by atoms with Crippen molar-refractivity contribution in [1.29, 1.82) is 0 Å². The summed E-state index contributed by atoms with van der Waals surface area (Å²) >= 11 is 0. The highest BCUT2D eigenvalue weighted by molar-refractivity contribution is 5.98. The van der Waals surface area contributed by atoms with Crippen LogP contribution in [0.15, 0.2) is 35.3 Å². The van der Waals surface area contributed by atoms with Crippen molar-refractivity contribution in [2.24, 2.45) is 4.99 Å². The molecule has 1 aromatic rings. The van der Waals surface area contributed by atoms with E-state index in [-0.39, 0.29) is 0 Å². The Morgan fingerprint density at radius 1 is 1.18 bits per heavy atom. The average Bonchev–Trinajstić information content (AvgIpc) is 1.99. The molecule has 1 heterocycles. The number of nitrogens with one attached hydrogen (secondary N) is 1. The van der Waals surface area contributed by atoms with Crippen LogP contribution in [0.2, 0.25) is 0 Å². The van der Waals surface area contributed by atoms with Gasteiger partial charge in [-0.05, 0) is 12.1 Å². The van der Waals surface area contributed by atoms with E-state index in [9.17, 15) is 0 Å². The minimum atomic E-state index is 0.981. The molecule has 0 amide bonds.